The molecule has 0 bridgehead atoms. The van der Waals surface area contributed by atoms with E-state index in [-0.39, 0.29) is 11.6 Å². The molecule has 9 heteroatoms. The summed E-state index contributed by atoms with van der Waals surface area (Å²) in [4.78, 5) is 16.9. The molecule has 28 heavy (non-hydrogen) atoms. The third kappa shape index (κ3) is 3.40. The van der Waals surface area contributed by atoms with Crippen molar-refractivity contribution < 1.29 is 26.7 Å². The minimum atomic E-state index is -1.69. The fourth-order valence-corrected chi connectivity index (χ4v) is 2.93. The number of anilines is 1. The normalized spacial score (nSPS) is 11.1. The van der Waals surface area contributed by atoms with E-state index >= 15 is 0 Å². The Morgan fingerprint density at radius 3 is 2.25 bits per heavy atom. The number of benzene rings is 2. The van der Waals surface area contributed by atoms with Crippen LogP contribution in [0.25, 0.3) is 10.9 Å². The van der Waals surface area contributed by atoms with Gasteiger partial charge in [-0.25, -0.2) is 26.9 Å². The summed E-state index contributed by atoms with van der Waals surface area (Å²) < 4.78 is 70.0. The van der Waals surface area contributed by atoms with E-state index in [1.165, 1.54) is 6.92 Å². The van der Waals surface area contributed by atoms with Gasteiger partial charge in [0, 0.05) is 17.0 Å². The third-order valence-electron chi connectivity index (χ3n) is 4.25. The maximum Gasteiger partial charge on any atom is 0.243 e. The number of amides is 1. The van der Waals surface area contributed by atoms with Gasteiger partial charge in [0.15, 0.2) is 34.9 Å². The van der Waals surface area contributed by atoms with Crippen LogP contribution in [0.3, 0.4) is 0 Å². The number of halogens is 6. The van der Waals surface area contributed by atoms with Crippen LogP contribution in [0.2, 0.25) is 0 Å². The maximum atomic E-state index is 14.9. The number of pyridine rings is 1. The SMILES string of the molecule is Cc1c(F)c(N(Cc2c(F)c(F)cc(F)c2F)C(=O)CCl)nc2ccccc12. The summed E-state index contributed by atoms with van der Waals surface area (Å²) in [6.07, 6.45) is 0. The predicted molar refractivity (Wildman–Crippen MR) is 94.6 cm³/mol. The number of carbonyl (C=O) groups is 1. The number of rotatable bonds is 4. The van der Waals surface area contributed by atoms with E-state index in [1.54, 1.807) is 24.3 Å². The van der Waals surface area contributed by atoms with E-state index in [1.807, 2.05) is 0 Å². The van der Waals surface area contributed by atoms with Crippen molar-refractivity contribution in [2.75, 3.05) is 10.8 Å². The quantitative estimate of drug-likeness (QED) is 0.341. The number of aryl methyl sites for hydroxylation is 1. The van der Waals surface area contributed by atoms with Gasteiger partial charge < -0.3 is 0 Å². The zero-order chi connectivity index (χ0) is 20.6. The molecule has 0 aliphatic carbocycles. The van der Waals surface area contributed by atoms with Crippen molar-refractivity contribution in [1.82, 2.24) is 4.98 Å². The monoisotopic (exact) mass is 414 g/mol. The molecular weight excluding hydrogens is 403 g/mol. The van der Waals surface area contributed by atoms with Gasteiger partial charge in [-0.1, -0.05) is 18.2 Å². The Labute approximate surface area is 161 Å². The van der Waals surface area contributed by atoms with Gasteiger partial charge in [-0.3, -0.25) is 9.69 Å². The molecule has 3 rings (SSSR count). The Balaban J connectivity index is 2.20. The number of carbonyl (C=O) groups excluding carboxylic acids is 1. The summed E-state index contributed by atoms with van der Waals surface area (Å²) in [5, 5.41) is 0.469. The molecule has 0 aliphatic rings. The highest BCUT2D eigenvalue weighted by atomic mass is 35.5. The summed E-state index contributed by atoms with van der Waals surface area (Å²) in [5.41, 5.74) is -0.627. The zero-order valence-electron chi connectivity index (χ0n) is 14.4. The maximum absolute atomic E-state index is 14.9. The van der Waals surface area contributed by atoms with Crippen LogP contribution in [0.5, 0.6) is 0 Å². The molecular formula is C19H12ClF5N2O. The van der Waals surface area contributed by atoms with Gasteiger partial charge in [0.25, 0.3) is 0 Å². The van der Waals surface area contributed by atoms with E-state index in [2.05, 4.69) is 4.98 Å². The Bertz CT molecular complexity index is 1060. The lowest BCUT2D eigenvalue weighted by molar-refractivity contribution is -0.116. The second-order valence-electron chi connectivity index (χ2n) is 5.95. The van der Waals surface area contributed by atoms with Crippen LogP contribution in [0.15, 0.2) is 30.3 Å². The summed E-state index contributed by atoms with van der Waals surface area (Å²) in [5.74, 6) is -9.76. The number of alkyl halides is 1. The molecule has 0 N–H and O–H groups in total. The molecule has 0 fully saturated rings. The highest BCUT2D eigenvalue weighted by Gasteiger charge is 2.27. The minimum Gasteiger partial charge on any atom is -0.289 e. The first-order chi connectivity index (χ1) is 13.3. The molecule has 3 aromatic rings. The topological polar surface area (TPSA) is 33.2 Å². The van der Waals surface area contributed by atoms with Crippen molar-refractivity contribution in [3.63, 3.8) is 0 Å². The van der Waals surface area contributed by atoms with Crippen LogP contribution < -0.4 is 4.90 Å². The second kappa shape index (κ2) is 7.71. The third-order valence-corrected chi connectivity index (χ3v) is 4.48. The van der Waals surface area contributed by atoms with Crippen molar-refractivity contribution in [3.05, 3.63) is 70.5 Å². The number of hydrogen-bond donors (Lipinski definition) is 0. The second-order valence-corrected chi connectivity index (χ2v) is 6.22. The Morgan fingerprint density at radius 2 is 1.64 bits per heavy atom. The van der Waals surface area contributed by atoms with E-state index in [4.69, 9.17) is 11.6 Å². The van der Waals surface area contributed by atoms with Gasteiger partial charge in [-0.2, -0.15) is 0 Å². The lowest BCUT2D eigenvalue weighted by Crippen LogP contribution is -2.34. The number of aromatic nitrogens is 1. The average molecular weight is 415 g/mol. The lowest BCUT2D eigenvalue weighted by atomic mass is 10.1. The van der Waals surface area contributed by atoms with E-state index < -0.39 is 58.8 Å². The molecule has 0 saturated carbocycles. The van der Waals surface area contributed by atoms with Crippen LogP contribution >= 0.6 is 11.6 Å². The first-order valence-electron chi connectivity index (χ1n) is 7.99. The van der Waals surface area contributed by atoms with Crippen molar-refractivity contribution >= 4 is 34.2 Å². The largest absolute Gasteiger partial charge is 0.289 e. The molecule has 1 heterocycles. The fourth-order valence-electron chi connectivity index (χ4n) is 2.79. The van der Waals surface area contributed by atoms with Gasteiger partial charge in [-0.15, -0.1) is 11.6 Å². The van der Waals surface area contributed by atoms with Crippen LogP contribution in [0.1, 0.15) is 11.1 Å². The molecule has 1 aromatic heterocycles. The van der Waals surface area contributed by atoms with Gasteiger partial charge in [0.05, 0.1) is 12.1 Å². The van der Waals surface area contributed by atoms with Crippen molar-refractivity contribution in [3.8, 4) is 0 Å². The number of nitrogens with zero attached hydrogens (tertiary/aromatic N) is 2. The van der Waals surface area contributed by atoms with Crippen molar-refractivity contribution in [2.24, 2.45) is 0 Å². The molecule has 0 saturated heterocycles. The molecule has 146 valence electrons. The Hall–Kier alpha value is -2.74. The van der Waals surface area contributed by atoms with Crippen LogP contribution in [-0.4, -0.2) is 16.8 Å². The van der Waals surface area contributed by atoms with E-state index in [0.29, 0.717) is 15.8 Å². The first-order valence-corrected chi connectivity index (χ1v) is 8.52. The van der Waals surface area contributed by atoms with Crippen LogP contribution in [0.4, 0.5) is 27.8 Å². The van der Waals surface area contributed by atoms with Crippen LogP contribution in [-0.2, 0) is 11.3 Å². The standard InChI is InChI=1S/C19H12ClF5N2O/c1-9-10-4-2-3-5-14(10)26-19(16(9)23)27(15(28)7-20)8-11-17(24)12(21)6-13(22)18(11)25/h2-6H,7-8H2,1H3. The molecule has 0 radical (unpaired) electrons. The molecule has 0 aliphatic heterocycles. The summed E-state index contributed by atoms with van der Waals surface area (Å²) in [6, 6.07) is 6.50. The summed E-state index contributed by atoms with van der Waals surface area (Å²) in [6.45, 7) is 0.439. The van der Waals surface area contributed by atoms with Gasteiger partial charge >= 0.3 is 0 Å². The number of para-hydroxylation sites is 1. The van der Waals surface area contributed by atoms with Gasteiger partial charge in [0.1, 0.15) is 5.88 Å². The van der Waals surface area contributed by atoms with Crippen LogP contribution in [0, 0.1) is 36.0 Å². The summed E-state index contributed by atoms with van der Waals surface area (Å²) >= 11 is 5.54. The highest BCUT2D eigenvalue weighted by molar-refractivity contribution is 6.29. The zero-order valence-corrected chi connectivity index (χ0v) is 15.1. The fraction of sp³-hybridized carbons (Fsp3) is 0.158. The average Bonchev–Trinajstić information content (AvgIpc) is 2.69. The Morgan fingerprint density at radius 1 is 1.04 bits per heavy atom. The minimum absolute atomic E-state index is 0.0425. The molecule has 2 aromatic carbocycles. The Kier molecular flexibility index (Phi) is 5.51. The highest BCUT2D eigenvalue weighted by Crippen LogP contribution is 2.29. The van der Waals surface area contributed by atoms with E-state index in [0.717, 1.165) is 0 Å². The van der Waals surface area contributed by atoms with Crippen molar-refractivity contribution in [1.29, 1.82) is 0 Å². The molecule has 0 unspecified atom stereocenters. The van der Waals surface area contributed by atoms with Gasteiger partial charge in [0.2, 0.25) is 5.91 Å². The first kappa shape index (κ1) is 20.0. The van der Waals surface area contributed by atoms with Crippen molar-refractivity contribution in [2.45, 2.75) is 13.5 Å². The predicted octanol–water partition coefficient (Wildman–Crippen LogP) is 5.01. The molecule has 0 spiro atoms. The number of fused-ring (bicyclic) bond motifs is 1. The molecule has 3 nitrogen and oxygen atoms in total. The molecule has 1 amide bonds. The van der Waals surface area contributed by atoms with E-state index in [9.17, 15) is 26.7 Å². The van der Waals surface area contributed by atoms with Gasteiger partial charge in [-0.05, 0) is 18.6 Å². The number of hydrogen-bond acceptors (Lipinski definition) is 2. The summed E-state index contributed by atoms with van der Waals surface area (Å²) in [7, 11) is 0. The molecule has 0 atom stereocenters. The smallest absolute Gasteiger partial charge is 0.243 e. The lowest BCUT2D eigenvalue weighted by Gasteiger charge is -2.23.